The van der Waals surface area contributed by atoms with E-state index in [0.717, 1.165) is 13.1 Å². The molecule has 1 aliphatic heterocycles. The van der Waals surface area contributed by atoms with E-state index in [0.29, 0.717) is 18.6 Å². The Morgan fingerprint density at radius 1 is 1.47 bits per heavy atom. The largest absolute Gasteiger partial charge is 0.331 e. The molecule has 2 N–H and O–H groups in total. The van der Waals surface area contributed by atoms with Crippen LogP contribution < -0.4 is 5.73 Å². The van der Waals surface area contributed by atoms with Crippen molar-refractivity contribution in [3.05, 3.63) is 18.2 Å². The molecule has 2 atom stereocenters. The van der Waals surface area contributed by atoms with Gasteiger partial charge in [-0.3, -0.25) is 4.90 Å². The van der Waals surface area contributed by atoms with Crippen LogP contribution in [0.2, 0.25) is 0 Å². The highest BCUT2D eigenvalue weighted by Gasteiger charge is 2.31. The highest BCUT2D eigenvalue weighted by Crippen LogP contribution is 2.27. The van der Waals surface area contributed by atoms with Gasteiger partial charge in [0.2, 0.25) is 0 Å². The van der Waals surface area contributed by atoms with Crippen LogP contribution in [0.15, 0.2) is 12.5 Å². The summed E-state index contributed by atoms with van der Waals surface area (Å²) in [4.78, 5) is 9.12. The van der Waals surface area contributed by atoms with E-state index in [4.69, 9.17) is 5.73 Å². The van der Waals surface area contributed by atoms with Crippen molar-refractivity contribution in [3.63, 3.8) is 0 Å². The first kappa shape index (κ1) is 14.5. The van der Waals surface area contributed by atoms with Gasteiger partial charge < -0.3 is 15.2 Å². The lowest BCUT2D eigenvalue weighted by Crippen LogP contribution is -2.37. The number of rotatable bonds is 5. The van der Waals surface area contributed by atoms with Crippen LogP contribution in [0.3, 0.4) is 0 Å². The summed E-state index contributed by atoms with van der Waals surface area (Å²) in [5.41, 5.74) is 7.29. The number of hydrogen-bond acceptors (Lipinski definition) is 4. The Hall–Kier alpha value is -0.910. The molecule has 0 saturated carbocycles. The molecule has 1 aliphatic rings. The predicted molar refractivity (Wildman–Crippen MR) is 78.1 cm³/mol. The Morgan fingerprint density at radius 3 is 2.74 bits per heavy atom. The van der Waals surface area contributed by atoms with Crippen molar-refractivity contribution in [2.75, 3.05) is 33.7 Å². The molecule has 0 aromatic carbocycles. The van der Waals surface area contributed by atoms with Gasteiger partial charge in [0.25, 0.3) is 0 Å². The number of nitrogens with zero attached hydrogens (tertiary/aromatic N) is 4. The van der Waals surface area contributed by atoms with Gasteiger partial charge in [0.15, 0.2) is 0 Å². The summed E-state index contributed by atoms with van der Waals surface area (Å²) in [5, 5.41) is 0. The van der Waals surface area contributed by atoms with E-state index in [2.05, 4.69) is 47.3 Å². The molecule has 0 spiro atoms. The van der Waals surface area contributed by atoms with Crippen LogP contribution in [0.1, 0.15) is 38.0 Å². The topological polar surface area (TPSA) is 50.3 Å². The second kappa shape index (κ2) is 6.03. The number of hydrogen-bond donors (Lipinski definition) is 1. The van der Waals surface area contributed by atoms with E-state index in [1.54, 1.807) is 0 Å². The molecule has 0 radical (unpaired) electrons. The average molecular weight is 265 g/mol. The molecule has 1 aromatic heterocycles. The molecule has 0 amide bonds. The van der Waals surface area contributed by atoms with Crippen LogP contribution in [0.5, 0.6) is 0 Å². The summed E-state index contributed by atoms with van der Waals surface area (Å²) in [6.07, 6.45) is 5.11. The molecule has 2 rings (SSSR count). The molecule has 1 fully saturated rings. The highest BCUT2D eigenvalue weighted by molar-refractivity contribution is 5.09. The third kappa shape index (κ3) is 2.99. The zero-order chi connectivity index (χ0) is 14.0. The third-order valence-corrected chi connectivity index (χ3v) is 4.18. The van der Waals surface area contributed by atoms with Crippen molar-refractivity contribution >= 4 is 0 Å². The standard InChI is InChI=1S/C14H27N5/c1-11(2)19-10-16-8-14(19)13(7-15)18-6-5-12(9-18)17(3)4/h8,10-13H,5-7,9,15H2,1-4H3. The van der Waals surface area contributed by atoms with E-state index in [9.17, 15) is 0 Å². The van der Waals surface area contributed by atoms with Gasteiger partial charge in [0, 0.05) is 37.9 Å². The Bertz CT molecular complexity index is 398. The number of likely N-dealkylation sites (N-methyl/N-ethyl adjacent to an activating group) is 1. The summed E-state index contributed by atoms with van der Waals surface area (Å²) in [7, 11) is 4.31. The molecule has 5 heteroatoms. The van der Waals surface area contributed by atoms with E-state index in [1.165, 1.54) is 12.1 Å². The Morgan fingerprint density at radius 2 is 2.21 bits per heavy atom. The van der Waals surface area contributed by atoms with Gasteiger partial charge in [-0.15, -0.1) is 0 Å². The van der Waals surface area contributed by atoms with Crippen LogP contribution in [0, 0.1) is 0 Å². The van der Waals surface area contributed by atoms with E-state index in [1.807, 2.05) is 12.5 Å². The number of nitrogens with two attached hydrogens (primary N) is 1. The minimum Gasteiger partial charge on any atom is -0.331 e. The molecular formula is C14H27N5. The van der Waals surface area contributed by atoms with Crippen LogP contribution in [-0.2, 0) is 0 Å². The predicted octanol–water partition coefficient (Wildman–Crippen LogP) is 1.10. The highest BCUT2D eigenvalue weighted by atomic mass is 15.3. The van der Waals surface area contributed by atoms with E-state index >= 15 is 0 Å². The summed E-state index contributed by atoms with van der Waals surface area (Å²) >= 11 is 0. The zero-order valence-corrected chi connectivity index (χ0v) is 12.6. The average Bonchev–Trinajstić information content (AvgIpc) is 2.98. The Kier molecular flexibility index (Phi) is 4.60. The van der Waals surface area contributed by atoms with E-state index < -0.39 is 0 Å². The van der Waals surface area contributed by atoms with Crippen LogP contribution in [0.4, 0.5) is 0 Å². The number of likely N-dealkylation sites (tertiary alicyclic amines) is 1. The molecule has 2 heterocycles. The molecule has 0 aliphatic carbocycles. The first-order valence-electron chi connectivity index (χ1n) is 7.16. The van der Waals surface area contributed by atoms with Crippen molar-refractivity contribution in [3.8, 4) is 0 Å². The maximum Gasteiger partial charge on any atom is 0.0951 e. The lowest BCUT2D eigenvalue weighted by molar-refractivity contribution is 0.212. The van der Waals surface area contributed by atoms with Crippen molar-refractivity contribution in [2.24, 2.45) is 5.73 Å². The van der Waals surface area contributed by atoms with Gasteiger partial charge in [-0.05, 0) is 34.4 Å². The molecule has 19 heavy (non-hydrogen) atoms. The fourth-order valence-corrected chi connectivity index (χ4v) is 2.93. The Balaban J connectivity index is 2.14. The summed E-state index contributed by atoms with van der Waals surface area (Å²) < 4.78 is 2.24. The van der Waals surface area contributed by atoms with Gasteiger partial charge in [0.1, 0.15) is 0 Å². The fourth-order valence-electron chi connectivity index (χ4n) is 2.93. The lowest BCUT2D eigenvalue weighted by atomic mass is 10.1. The van der Waals surface area contributed by atoms with Gasteiger partial charge in [-0.2, -0.15) is 0 Å². The molecule has 1 aromatic rings. The van der Waals surface area contributed by atoms with Crippen molar-refractivity contribution in [1.82, 2.24) is 19.4 Å². The maximum absolute atomic E-state index is 6.04. The monoisotopic (exact) mass is 265 g/mol. The maximum atomic E-state index is 6.04. The minimum atomic E-state index is 0.287. The SMILES string of the molecule is CC(C)n1cncc1C(CN)N1CCC(N(C)C)C1. The van der Waals surface area contributed by atoms with Crippen molar-refractivity contribution < 1.29 is 0 Å². The van der Waals surface area contributed by atoms with Crippen LogP contribution in [-0.4, -0.2) is 59.1 Å². The normalized spacial score (nSPS) is 22.6. The smallest absolute Gasteiger partial charge is 0.0951 e. The van der Waals surface area contributed by atoms with Gasteiger partial charge in [-0.25, -0.2) is 4.98 Å². The van der Waals surface area contributed by atoms with Crippen molar-refractivity contribution in [2.45, 2.75) is 38.4 Å². The lowest BCUT2D eigenvalue weighted by Gasteiger charge is -2.29. The third-order valence-electron chi connectivity index (χ3n) is 4.18. The van der Waals surface area contributed by atoms with Gasteiger partial charge in [0.05, 0.1) is 18.1 Å². The zero-order valence-electron chi connectivity index (χ0n) is 12.6. The Labute approximate surface area is 116 Å². The van der Waals surface area contributed by atoms with E-state index in [-0.39, 0.29) is 6.04 Å². The summed E-state index contributed by atoms with van der Waals surface area (Å²) in [6, 6.07) is 1.36. The molecule has 5 nitrogen and oxygen atoms in total. The first-order valence-corrected chi connectivity index (χ1v) is 7.16. The molecule has 1 saturated heterocycles. The first-order chi connectivity index (χ1) is 9.04. The van der Waals surface area contributed by atoms with Crippen LogP contribution in [0.25, 0.3) is 0 Å². The number of imidazole rings is 1. The van der Waals surface area contributed by atoms with Crippen LogP contribution >= 0.6 is 0 Å². The quantitative estimate of drug-likeness (QED) is 0.866. The fraction of sp³-hybridized carbons (Fsp3) is 0.786. The van der Waals surface area contributed by atoms with Gasteiger partial charge in [-0.1, -0.05) is 0 Å². The summed E-state index contributed by atoms with van der Waals surface area (Å²) in [6.45, 7) is 7.24. The van der Waals surface area contributed by atoms with Gasteiger partial charge >= 0.3 is 0 Å². The molecule has 108 valence electrons. The molecule has 2 unspecified atom stereocenters. The second-order valence-electron chi connectivity index (χ2n) is 5.97. The molecular weight excluding hydrogens is 238 g/mol. The van der Waals surface area contributed by atoms with Crippen molar-refractivity contribution in [1.29, 1.82) is 0 Å². The summed E-state index contributed by atoms with van der Waals surface area (Å²) in [5.74, 6) is 0. The number of aromatic nitrogens is 2. The molecule has 0 bridgehead atoms. The minimum absolute atomic E-state index is 0.287. The second-order valence-corrected chi connectivity index (χ2v) is 5.97.